The Labute approximate surface area is 141 Å². The normalized spacial score (nSPS) is 15.8. The molecule has 0 saturated carbocycles. The number of carbonyl (C=O) groups excluding carboxylic acids is 2. The molecule has 1 aromatic rings. The largest absolute Gasteiger partial charge is 0.352 e. The lowest BCUT2D eigenvalue weighted by Gasteiger charge is -2.30. The number of hydrogen-bond donors (Lipinski definition) is 2. The van der Waals surface area contributed by atoms with Crippen molar-refractivity contribution in [2.75, 3.05) is 13.1 Å². The van der Waals surface area contributed by atoms with Crippen LogP contribution in [0.4, 0.5) is 0 Å². The molecule has 130 valence electrons. The maximum atomic E-state index is 12.2. The van der Waals surface area contributed by atoms with Gasteiger partial charge in [0.15, 0.2) is 0 Å². The van der Waals surface area contributed by atoms with Gasteiger partial charge in [0.2, 0.25) is 21.8 Å². The predicted molar refractivity (Wildman–Crippen MR) is 89.2 cm³/mol. The number of nitrogens with one attached hydrogen (secondary N) is 1. The van der Waals surface area contributed by atoms with Crippen molar-refractivity contribution >= 4 is 21.8 Å². The zero-order valence-corrected chi connectivity index (χ0v) is 14.1. The van der Waals surface area contributed by atoms with Crippen LogP contribution in [0.5, 0.6) is 0 Å². The molecular weight excluding hydrogens is 330 g/mol. The average molecular weight is 351 g/mol. The first kappa shape index (κ1) is 18.2. The van der Waals surface area contributed by atoms with Gasteiger partial charge in [-0.2, -0.15) is 0 Å². The minimum atomic E-state index is -3.71. The first-order chi connectivity index (χ1) is 11.3. The Morgan fingerprint density at radius 1 is 1.25 bits per heavy atom. The van der Waals surface area contributed by atoms with Crippen LogP contribution in [0.15, 0.2) is 41.8 Å². The van der Waals surface area contributed by atoms with Crippen LogP contribution in [0.2, 0.25) is 0 Å². The summed E-state index contributed by atoms with van der Waals surface area (Å²) >= 11 is 0. The average Bonchev–Trinajstić information content (AvgIpc) is 2.58. The Morgan fingerprint density at radius 2 is 1.83 bits per heavy atom. The molecule has 1 saturated heterocycles. The number of nitrogens with two attached hydrogens (primary N) is 1. The highest BCUT2D eigenvalue weighted by atomic mass is 32.2. The minimum absolute atomic E-state index is 0.0387. The van der Waals surface area contributed by atoms with Crippen LogP contribution in [-0.2, 0) is 26.2 Å². The number of hydrogen-bond acceptors (Lipinski definition) is 4. The zero-order chi connectivity index (χ0) is 17.7. The first-order valence-corrected chi connectivity index (χ1v) is 9.16. The van der Waals surface area contributed by atoms with E-state index in [-0.39, 0.29) is 22.6 Å². The summed E-state index contributed by atoms with van der Waals surface area (Å²) in [5.74, 6) is -0.289. The molecule has 24 heavy (non-hydrogen) atoms. The second-order valence-corrected chi connectivity index (χ2v) is 7.27. The van der Waals surface area contributed by atoms with E-state index in [0.717, 1.165) is 5.56 Å². The van der Waals surface area contributed by atoms with Crippen molar-refractivity contribution in [3.8, 4) is 0 Å². The van der Waals surface area contributed by atoms with E-state index in [9.17, 15) is 18.0 Å². The van der Waals surface area contributed by atoms with Gasteiger partial charge in [-0.15, -0.1) is 0 Å². The van der Waals surface area contributed by atoms with Crippen molar-refractivity contribution in [3.63, 3.8) is 0 Å². The Bertz CT molecular complexity index is 720. The second kappa shape index (κ2) is 7.59. The van der Waals surface area contributed by atoms with Crippen LogP contribution in [0.3, 0.4) is 0 Å². The standard InChI is InChI=1S/C16H21N3O4S/c1-2-15(20)19-9-7-13(8-10-19)16(21)18-11-12-3-5-14(6-4-12)24(17,22)23/h2-6,13H,1,7-11H2,(H,18,21)(H2,17,22,23). The maximum absolute atomic E-state index is 12.2. The molecule has 0 bridgehead atoms. The predicted octanol–water partition coefficient (Wildman–Crippen LogP) is 0.375. The highest BCUT2D eigenvalue weighted by molar-refractivity contribution is 7.89. The number of nitrogens with zero attached hydrogens (tertiary/aromatic N) is 1. The number of primary sulfonamides is 1. The summed E-state index contributed by atoms with van der Waals surface area (Å²) in [7, 11) is -3.71. The van der Waals surface area contributed by atoms with Gasteiger partial charge in [0.25, 0.3) is 0 Å². The van der Waals surface area contributed by atoms with Crippen LogP contribution in [0.25, 0.3) is 0 Å². The van der Waals surface area contributed by atoms with Crippen molar-refractivity contribution in [3.05, 3.63) is 42.5 Å². The van der Waals surface area contributed by atoms with Gasteiger partial charge in [-0.1, -0.05) is 18.7 Å². The number of piperidine rings is 1. The number of likely N-dealkylation sites (tertiary alicyclic amines) is 1. The van der Waals surface area contributed by atoms with E-state index in [1.54, 1.807) is 17.0 Å². The van der Waals surface area contributed by atoms with Crippen LogP contribution >= 0.6 is 0 Å². The SMILES string of the molecule is C=CC(=O)N1CCC(C(=O)NCc2ccc(S(N)(=O)=O)cc2)CC1. The molecular formula is C16H21N3O4S. The minimum Gasteiger partial charge on any atom is -0.352 e. The van der Waals surface area contributed by atoms with Crippen LogP contribution in [0, 0.1) is 5.92 Å². The Morgan fingerprint density at radius 3 is 2.33 bits per heavy atom. The summed E-state index contributed by atoms with van der Waals surface area (Å²) in [6, 6.07) is 6.06. The van der Waals surface area contributed by atoms with Crippen LogP contribution in [0.1, 0.15) is 18.4 Å². The topological polar surface area (TPSA) is 110 Å². The monoisotopic (exact) mass is 351 g/mol. The van der Waals surface area contributed by atoms with Gasteiger partial charge < -0.3 is 10.2 Å². The smallest absolute Gasteiger partial charge is 0.245 e. The fourth-order valence-corrected chi connectivity index (χ4v) is 3.14. The van der Waals surface area contributed by atoms with Gasteiger partial charge in [0.1, 0.15) is 0 Å². The maximum Gasteiger partial charge on any atom is 0.245 e. The van der Waals surface area contributed by atoms with E-state index in [0.29, 0.717) is 32.5 Å². The van der Waals surface area contributed by atoms with E-state index >= 15 is 0 Å². The van der Waals surface area contributed by atoms with Crippen molar-refractivity contribution in [2.24, 2.45) is 11.1 Å². The summed E-state index contributed by atoms with van der Waals surface area (Å²) in [5, 5.41) is 7.88. The van der Waals surface area contributed by atoms with Crippen molar-refractivity contribution in [2.45, 2.75) is 24.3 Å². The number of amides is 2. The molecule has 2 rings (SSSR count). The Balaban J connectivity index is 1.83. The number of carbonyl (C=O) groups is 2. The number of benzene rings is 1. The fourth-order valence-electron chi connectivity index (χ4n) is 2.62. The molecule has 0 atom stereocenters. The molecule has 7 nitrogen and oxygen atoms in total. The molecule has 2 amide bonds. The molecule has 1 aliphatic heterocycles. The molecule has 0 aromatic heterocycles. The van der Waals surface area contributed by atoms with Crippen LogP contribution in [-0.4, -0.2) is 38.2 Å². The molecule has 0 aliphatic carbocycles. The van der Waals surface area contributed by atoms with E-state index in [4.69, 9.17) is 5.14 Å². The molecule has 1 aliphatic rings. The third-order valence-corrected chi connectivity index (χ3v) is 5.00. The summed E-state index contributed by atoms with van der Waals surface area (Å²) in [6.45, 7) is 4.87. The third kappa shape index (κ3) is 4.65. The van der Waals surface area contributed by atoms with Gasteiger partial charge in [0.05, 0.1) is 4.90 Å². The lowest BCUT2D eigenvalue weighted by atomic mass is 9.95. The number of sulfonamides is 1. The van der Waals surface area contributed by atoms with Crippen molar-refractivity contribution in [1.29, 1.82) is 0 Å². The molecule has 1 fully saturated rings. The lowest BCUT2D eigenvalue weighted by molar-refractivity contribution is -0.132. The first-order valence-electron chi connectivity index (χ1n) is 7.62. The highest BCUT2D eigenvalue weighted by Gasteiger charge is 2.26. The molecule has 3 N–H and O–H groups in total. The summed E-state index contributed by atoms with van der Waals surface area (Å²) in [6.07, 6.45) is 2.52. The Hall–Kier alpha value is -2.19. The molecule has 1 heterocycles. The van der Waals surface area contributed by atoms with E-state index in [1.165, 1.54) is 18.2 Å². The molecule has 0 radical (unpaired) electrons. The molecule has 8 heteroatoms. The van der Waals surface area contributed by atoms with Crippen LogP contribution < -0.4 is 10.5 Å². The highest BCUT2D eigenvalue weighted by Crippen LogP contribution is 2.18. The summed E-state index contributed by atoms with van der Waals surface area (Å²) in [4.78, 5) is 25.4. The zero-order valence-electron chi connectivity index (χ0n) is 13.3. The van der Waals surface area contributed by atoms with E-state index in [2.05, 4.69) is 11.9 Å². The lowest BCUT2D eigenvalue weighted by Crippen LogP contribution is -2.42. The van der Waals surface area contributed by atoms with Gasteiger partial charge >= 0.3 is 0 Å². The molecule has 0 unspecified atom stereocenters. The van der Waals surface area contributed by atoms with E-state index in [1.807, 2.05) is 0 Å². The van der Waals surface area contributed by atoms with Gasteiger partial charge in [-0.3, -0.25) is 9.59 Å². The summed E-state index contributed by atoms with van der Waals surface area (Å²) < 4.78 is 22.4. The molecule has 0 spiro atoms. The quantitative estimate of drug-likeness (QED) is 0.747. The van der Waals surface area contributed by atoms with Crippen molar-refractivity contribution < 1.29 is 18.0 Å². The van der Waals surface area contributed by atoms with Crippen molar-refractivity contribution in [1.82, 2.24) is 10.2 Å². The second-order valence-electron chi connectivity index (χ2n) is 5.71. The fraction of sp³-hybridized carbons (Fsp3) is 0.375. The Kier molecular flexibility index (Phi) is 5.74. The number of rotatable bonds is 5. The van der Waals surface area contributed by atoms with Gasteiger partial charge in [-0.05, 0) is 36.6 Å². The van der Waals surface area contributed by atoms with Gasteiger partial charge in [0, 0.05) is 25.6 Å². The van der Waals surface area contributed by atoms with E-state index < -0.39 is 10.0 Å². The third-order valence-electron chi connectivity index (χ3n) is 4.07. The summed E-state index contributed by atoms with van der Waals surface area (Å²) in [5.41, 5.74) is 0.787. The van der Waals surface area contributed by atoms with Gasteiger partial charge in [-0.25, -0.2) is 13.6 Å². The molecule has 1 aromatic carbocycles.